The zero-order valence-electron chi connectivity index (χ0n) is 16.4. The second-order valence-corrected chi connectivity index (χ2v) is 6.95. The van der Waals surface area contributed by atoms with Gasteiger partial charge in [-0.05, 0) is 56.2 Å². The fourth-order valence-corrected chi connectivity index (χ4v) is 2.99. The van der Waals surface area contributed by atoms with Gasteiger partial charge in [-0.1, -0.05) is 23.7 Å². The molecule has 0 saturated heterocycles. The van der Waals surface area contributed by atoms with Crippen molar-refractivity contribution in [1.82, 2.24) is 15.0 Å². The van der Waals surface area contributed by atoms with Crippen LogP contribution in [0, 0.1) is 6.92 Å². The first-order valence-corrected chi connectivity index (χ1v) is 9.80. The Balaban J connectivity index is 1.52. The monoisotopic (exact) mass is 414 g/mol. The molecule has 8 heteroatoms. The highest BCUT2D eigenvalue weighted by atomic mass is 35.5. The van der Waals surface area contributed by atoms with E-state index in [9.17, 15) is 9.59 Å². The number of carbonyl (C=O) groups excluding carboxylic acids is 1. The van der Waals surface area contributed by atoms with E-state index in [2.05, 4.69) is 15.8 Å². The molecule has 3 aromatic rings. The average Bonchev–Trinajstić information content (AvgIpc) is 2.72. The standard InChI is InChI=1S/C21H23ClN4O3/c1-3-26-20(28)16-7-4-5-8-18(16)23-21(26)25-24-19(27)9-6-12-29-15-10-11-17(22)14(2)13-15/h4-5,7-8,10-11,13H,3,6,9,12H2,1-2H3,(H,23,25)(H,24,27). The summed E-state index contributed by atoms with van der Waals surface area (Å²) >= 11 is 5.99. The Morgan fingerprint density at radius 3 is 2.79 bits per heavy atom. The minimum atomic E-state index is -0.217. The molecule has 152 valence electrons. The summed E-state index contributed by atoms with van der Waals surface area (Å²) in [6.07, 6.45) is 0.810. The van der Waals surface area contributed by atoms with Crippen molar-refractivity contribution in [3.8, 4) is 5.75 Å². The molecule has 7 nitrogen and oxygen atoms in total. The van der Waals surface area contributed by atoms with E-state index in [0.29, 0.717) is 41.4 Å². The SMILES string of the molecule is CCn1c(NNC(=O)CCCOc2ccc(Cl)c(C)c2)nc2ccccc2c1=O. The fourth-order valence-electron chi connectivity index (χ4n) is 2.87. The van der Waals surface area contributed by atoms with Crippen LogP contribution in [-0.2, 0) is 11.3 Å². The largest absolute Gasteiger partial charge is 0.494 e. The highest BCUT2D eigenvalue weighted by molar-refractivity contribution is 6.31. The lowest BCUT2D eigenvalue weighted by Gasteiger charge is -2.14. The molecule has 0 radical (unpaired) electrons. The van der Waals surface area contributed by atoms with Crippen LogP contribution < -0.4 is 21.1 Å². The van der Waals surface area contributed by atoms with Crippen LogP contribution in [0.25, 0.3) is 10.9 Å². The summed E-state index contributed by atoms with van der Waals surface area (Å²) in [7, 11) is 0. The maximum Gasteiger partial charge on any atom is 0.262 e. The van der Waals surface area contributed by atoms with Crippen LogP contribution in [0.2, 0.25) is 5.02 Å². The number of carbonyl (C=O) groups is 1. The molecule has 3 rings (SSSR count). The average molecular weight is 415 g/mol. The van der Waals surface area contributed by atoms with Crippen molar-refractivity contribution < 1.29 is 9.53 Å². The smallest absolute Gasteiger partial charge is 0.262 e. The number of nitrogens with zero attached hydrogens (tertiary/aromatic N) is 2. The number of fused-ring (bicyclic) bond motifs is 1. The maximum atomic E-state index is 12.6. The van der Waals surface area contributed by atoms with Gasteiger partial charge in [0.2, 0.25) is 11.9 Å². The Morgan fingerprint density at radius 1 is 1.24 bits per heavy atom. The number of ether oxygens (including phenoxy) is 1. The molecule has 0 spiro atoms. The molecule has 0 aliphatic carbocycles. The number of hydrogen-bond acceptors (Lipinski definition) is 5. The van der Waals surface area contributed by atoms with Gasteiger partial charge >= 0.3 is 0 Å². The molecule has 0 saturated carbocycles. The molecular weight excluding hydrogens is 392 g/mol. The van der Waals surface area contributed by atoms with Crippen molar-refractivity contribution in [2.45, 2.75) is 33.2 Å². The van der Waals surface area contributed by atoms with Gasteiger partial charge in [-0.3, -0.25) is 25.0 Å². The van der Waals surface area contributed by atoms with Crippen LogP contribution in [0.3, 0.4) is 0 Å². The van der Waals surface area contributed by atoms with E-state index in [4.69, 9.17) is 16.3 Å². The molecule has 0 bridgehead atoms. The minimum Gasteiger partial charge on any atom is -0.494 e. The van der Waals surface area contributed by atoms with Crippen molar-refractivity contribution in [2.75, 3.05) is 12.0 Å². The predicted molar refractivity (Wildman–Crippen MR) is 114 cm³/mol. The van der Waals surface area contributed by atoms with Crippen LogP contribution in [0.5, 0.6) is 5.75 Å². The predicted octanol–water partition coefficient (Wildman–Crippen LogP) is 3.68. The van der Waals surface area contributed by atoms with Crippen LogP contribution in [-0.4, -0.2) is 22.1 Å². The topological polar surface area (TPSA) is 85.2 Å². The zero-order valence-corrected chi connectivity index (χ0v) is 17.1. The van der Waals surface area contributed by atoms with Gasteiger partial charge in [0.1, 0.15) is 5.75 Å². The highest BCUT2D eigenvalue weighted by Crippen LogP contribution is 2.21. The summed E-state index contributed by atoms with van der Waals surface area (Å²) in [5.41, 5.74) is 6.73. The van der Waals surface area contributed by atoms with Crippen LogP contribution in [0.1, 0.15) is 25.3 Å². The molecule has 2 N–H and O–H groups in total. The van der Waals surface area contributed by atoms with Gasteiger partial charge in [0, 0.05) is 18.0 Å². The molecule has 0 aliphatic heterocycles. The number of anilines is 1. The van der Waals surface area contributed by atoms with Gasteiger partial charge in [-0.2, -0.15) is 0 Å². The number of benzene rings is 2. The normalized spacial score (nSPS) is 10.7. The van der Waals surface area contributed by atoms with E-state index >= 15 is 0 Å². The molecule has 0 fully saturated rings. The number of nitrogens with one attached hydrogen (secondary N) is 2. The van der Waals surface area contributed by atoms with Gasteiger partial charge in [-0.15, -0.1) is 0 Å². The lowest BCUT2D eigenvalue weighted by Crippen LogP contribution is -2.34. The summed E-state index contributed by atoms with van der Waals surface area (Å²) in [5.74, 6) is 0.807. The third kappa shape index (κ3) is 5.06. The lowest BCUT2D eigenvalue weighted by atomic mass is 10.2. The second kappa shape index (κ2) is 9.43. The van der Waals surface area contributed by atoms with Crippen LogP contribution >= 0.6 is 11.6 Å². The van der Waals surface area contributed by atoms with Crippen molar-refractivity contribution in [3.05, 3.63) is 63.4 Å². The van der Waals surface area contributed by atoms with Gasteiger partial charge in [0.25, 0.3) is 5.56 Å². The molecule has 0 aliphatic rings. The third-order valence-electron chi connectivity index (χ3n) is 4.44. The molecule has 29 heavy (non-hydrogen) atoms. The van der Waals surface area contributed by atoms with Crippen LogP contribution in [0.4, 0.5) is 5.95 Å². The van der Waals surface area contributed by atoms with Crippen molar-refractivity contribution >= 4 is 34.4 Å². The van der Waals surface area contributed by atoms with Crippen molar-refractivity contribution in [1.29, 1.82) is 0 Å². The maximum absolute atomic E-state index is 12.6. The molecule has 0 atom stereocenters. The second-order valence-electron chi connectivity index (χ2n) is 6.54. The first-order chi connectivity index (χ1) is 14.0. The lowest BCUT2D eigenvalue weighted by molar-refractivity contribution is -0.120. The summed E-state index contributed by atoms with van der Waals surface area (Å²) in [4.78, 5) is 29.1. The highest BCUT2D eigenvalue weighted by Gasteiger charge is 2.10. The van der Waals surface area contributed by atoms with Gasteiger partial charge in [0.15, 0.2) is 0 Å². The van der Waals surface area contributed by atoms with Crippen molar-refractivity contribution in [3.63, 3.8) is 0 Å². The van der Waals surface area contributed by atoms with Crippen LogP contribution in [0.15, 0.2) is 47.3 Å². The van der Waals surface area contributed by atoms with E-state index in [-0.39, 0.29) is 17.9 Å². The summed E-state index contributed by atoms with van der Waals surface area (Å²) in [6, 6.07) is 12.6. The molecule has 0 unspecified atom stereocenters. The Bertz CT molecular complexity index is 1080. The molecular formula is C21H23ClN4O3. The summed E-state index contributed by atoms with van der Waals surface area (Å²) in [5, 5.41) is 1.23. The Labute approximate surface area is 173 Å². The summed E-state index contributed by atoms with van der Waals surface area (Å²) < 4.78 is 7.12. The van der Waals surface area contributed by atoms with E-state index in [0.717, 1.165) is 11.3 Å². The third-order valence-corrected chi connectivity index (χ3v) is 4.86. The van der Waals surface area contributed by atoms with Gasteiger partial charge < -0.3 is 4.74 Å². The van der Waals surface area contributed by atoms with E-state index in [1.165, 1.54) is 4.57 Å². The molecule has 1 amide bonds. The quantitative estimate of drug-likeness (QED) is 0.434. The zero-order chi connectivity index (χ0) is 20.8. The number of hydrazine groups is 1. The number of aromatic nitrogens is 2. The number of rotatable bonds is 8. The van der Waals surface area contributed by atoms with Gasteiger partial charge in [0.05, 0.1) is 17.5 Å². The summed E-state index contributed by atoms with van der Waals surface area (Å²) in [6.45, 7) is 4.59. The van der Waals surface area contributed by atoms with E-state index < -0.39 is 0 Å². The van der Waals surface area contributed by atoms with E-state index in [1.807, 2.05) is 26.0 Å². The number of hydrogen-bond donors (Lipinski definition) is 2. The first-order valence-electron chi connectivity index (χ1n) is 9.43. The Hall–Kier alpha value is -3.06. The number of halogens is 1. The molecule has 1 aromatic heterocycles. The number of aryl methyl sites for hydroxylation is 1. The first kappa shape index (κ1) is 20.7. The fraction of sp³-hybridized carbons (Fsp3) is 0.286. The molecule has 1 heterocycles. The number of amides is 1. The number of para-hydroxylation sites is 1. The van der Waals surface area contributed by atoms with Gasteiger partial charge in [-0.25, -0.2) is 4.98 Å². The molecule has 2 aromatic carbocycles. The van der Waals surface area contributed by atoms with Crippen molar-refractivity contribution in [2.24, 2.45) is 0 Å². The van der Waals surface area contributed by atoms with E-state index in [1.54, 1.807) is 30.3 Å². The minimum absolute atomic E-state index is 0.151. The Morgan fingerprint density at radius 2 is 2.03 bits per heavy atom. The Kier molecular flexibility index (Phi) is 6.72.